The van der Waals surface area contributed by atoms with Gasteiger partial charge in [0.25, 0.3) is 0 Å². The van der Waals surface area contributed by atoms with Crippen LogP contribution in [0.3, 0.4) is 0 Å². The summed E-state index contributed by atoms with van der Waals surface area (Å²) >= 11 is 0. The molecule has 0 radical (unpaired) electrons. The quantitative estimate of drug-likeness (QED) is 0.867. The van der Waals surface area contributed by atoms with Gasteiger partial charge in [-0.3, -0.25) is 9.69 Å². The van der Waals surface area contributed by atoms with Gasteiger partial charge in [0.05, 0.1) is 5.92 Å². The number of hydrogen-bond acceptors (Lipinski definition) is 2. The third-order valence-electron chi connectivity index (χ3n) is 4.84. The van der Waals surface area contributed by atoms with Crippen molar-refractivity contribution >= 4 is 16.8 Å². The van der Waals surface area contributed by atoms with Crippen LogP contribution in [0.2, 0.25) is 0 Å². The van der Waals surface area contributed by atoms with Crippen LogP contribution in [0.15, 0.2) is 30.5 Å². The Morgan fingerprint density at radius 3 is 2.74 bits per heavy atom. The van der Waals surface area contributed by atoms with Crippen molar-refractivity contribution in [2.45, 2.75) is 32.9 Å². The van der Waals surface area contributed by atoms with Crippen LogP contribution in [0, 0.1) is 5.92 Å². The molecule has 23 heavy (non-hydrogen) atoms. The number of carbonyl (C=O) groups is 1. The van der Waals surface area contributed by atoms with Crippen molar-refractivity contribution in [3.63, 3.8) is 0 Å². The highest BCUT2D eigenvalue weighted by Crippen LogP contribution is 2.27. The molecule has 124 valence electrons. The number of rotatable bonds is 4. The van der Waals surface area contributed by atoms with Gasteiger partial charge in [-0.25, -0.2) is 0 Å². The zero-order valence-corrected chi connectivity index (χ0v) is 14.6. The molecule has 1 aromatic carbocycles. The number of carbonyl (C=O) groups excluding carboxylic acids is 1. The van der Waals surface area contributed by atoms with Crippen molar-refractivity contribution in [1.29, 1.82) is 0 Å². The molecule has 1 atom stereocenters. The maximum Gasteiger partial charge on any atom is 0.226 e. The van der Waals surface area contributed by atoms with E-state index >= 15 is 0 Å². The van der Waals surface area contributed by atoms with Crippen LogP contribution in [0.4, 0.5) is 0 Å². The Bertz CT molecular complexity index is 702. The van der Waals surface area contributed by atoms with Crippen molar-refractivity contribution in [2.24, 2.45) is 5.92 Å². The topological polar surface area (TPSA) is 28.5 Å². The summed E-state index contributed by atoms with van der Waals surface area (Å²) in [6.45, 7) is 7.25. The summed E-state index contributed by atoms with van der Waals surface area (Å²) in [7, 11) is 3.70. The summed E-state index contributed by atoms with van der Waals surface area (Å²) in [5, 5.41) is 1.34. The lowest BCUT2D eigenvalue weighted by Gasteiger charge is -2.18. The molecule has 1 saturated heterocycles. The molecule has 0 bridgehead atoms. The molecule has 0 aliphatic carbocycles. The van der Waals surface area contributed by atoms with E-state index in [0.717, 1.165) is 26.1 Å². The first-order chi connectivity index (χ1) is 11.0. The smallest absolute Gasteiger partial charge is 0.226 e. The van der Waals surface area contributed by atoms with Crippen LogP contribution in [0.1, 0.15) is 31.9 Å². The van der Waals surface area contributed by atoms with Crippen LogP contribution in [0.25, 0.3) is 10.9 Å². The monoisotopic (exact) mass is 313 g/mol. The second-order valence-corrected chi connectivity index (χ2v) is 7.13. The van der Waals surface area contributed by atoms with Crippen LogP contribution in [-0.4, -0.2) is 47.5 Å². The molecule has 0 unspecified atom stereocenters. The van der Waals surface area contributed by atoms with Gasteiger partial charge in [0, 0.05) is 50.3 Å². The maximum absolute atomic E-state index is 12.1. The van der Waals surface area contributed by atoms with Crippen LogP contribution < -0.4 is 0 Å². The third-order valence-corrected chi connectivity index (χ3v) is 4.84. The van der Waals surface area contributed by atoms with Gasteiger partial charge in [-0.1, -0.05) is 18.2 Å². The number of fused-ring (bicyclic) bond motifs is 1. The normalized spacial score (nSPS) is 18.9. The van der Waals surface area contributed by atoms with Gasteiger partial charge in [0.1, 0.15) is 0 Å². The Morgan fingerprint density at radius 1 is 1.30 bits per heavy atom. The molecule has 4 heteroatoms. The predicted octanol–water partition coefficient (Wildman–Crippen LogP) is 3.13. The van der Waals surface area contributed by atoms with E-state index in [1.807, 2.05) is 14.1 Å². The molecule has 2 heterocycles. The van der Waals surface area contributed by atoms with Crippen molar-refractivity contribution < 1.29 is 4.79 Å². The number of likely N-dealkylation sites (tertiary alicyclic amines) is 1. The highest BCUT2D eigenvalue weighted by atomic mass is 16.2. The first-order valence-corrected chi connectivity index (χ1v) is 8.49. The number of benzene rings is 1. The molecule has 1 amide bonds. The lowest BCUT2D eigenvalue weighted by atomic mass is 10.1. The van der Waals surface area contributed by atoms with E-state index in [0.29, 0.717) is 6.04 Å². The molecule has 1 aromatic heterocycles. The zero-order valence-electron chi connectivity index (χ0n) is 14.6. The molecule has 1 aliphatic heterocycles. The summed E-state index contributed by atoms with van der Waals surface area (Å²) < 4.78 is 2.35. The molecular weight excluding hydrogens is 286 g/mol. The van der Waals surface area contributed by atoms with Gasteiger partial charge >= 0.3 is 0 Å². The summed E-state index contributed by atoms with van der Waals surface area (Å²) in [4.78, 5) is 16.3. The van der Waals surface area contributed by atoms with Crippen LogP contribution >= 0.6 is 0 Å². The van der Waals surface area contributed by atoms with E-state index < -0.39 is 0 Å². The maximum atomic E-state index is 12.1. The lowest BCUT2D eigenvalue weighted by Crippen LogP contribution is -2.31. The largest absolute Gasteiger partial charge is 0.349 e. The number of hydrogen-bond donors (Lipinski definition) is 0. The molecule has 4 nitrogen and oxygen atoms in total. The van der Waals surface area contributed by atoms with E-state index in [-0.39, 0.29) is 11.8 Å². The van der Waals surface area contributed by atoms with E-state index in [9.17, 15) is 4.79 Å². The summed E-state index contributed by atoms with van der Waals surface area (Å²) in [5.74, 6) is 0.417. The molecule has 1 fully saturated rings. The van der Waals surface area contributed by atoms with Crippen LogP contribution in [0.5, 0.6) is 0 Å². The molecule has 0 spiro atoms. The standard InChI is InChI=1S/C19H27N3O/c1-14(2)22-13-16(17-7-5-6-8-18(17)22)12-21-10-9-15(11-21)19(23)20(3)4/h5-8,13-15H,9-12H2,1-4H3/t15-/m1/s1. The average molecular weight is 313 g/mol. The van der Waals surface area contributed by atoms with Gasteiger partial charge in [-0.2, -0.15) is 0 Å². The highest BCUT2D eigenvalue weighted by molar-refractivity contribution is 5.84. The fourth-order valence-electron chi connectivity index (χ4n) is 3.61. The average Bonchev–Trinajstić information content (AvgIpc) is 3.12. The molecule has 1 aliphatic rings. The highest BCUT2D eigenvalue weighted by Gasteiger charge is 2.29. The Kier molecular flexibility index (Phi) is 4.44. The minimum absolute atomic E-state index is 0.156. The van der Waals surface area contributed by atoms with Gasteiger partial charge in [0.15, 0.2) is 0 Å². The number of para-hydroxylation sites is 1. The van der Waals surface area contributed by atoms with Gasteiger partial charge in [-0.05, 0) is 38.4 Å². The van der Waals surface area contributed by atoms with Crippen LogP contribution in [-0.2, 0) is 11.3 Å². The zero-order chi connectivity index (χ0) is 16.6. The van der Waals surface area contributed by atoms with Gasteiger partial charge < -0.3 is 9.47 Å². The second kappa shape index (κ2) is 6.36. The number of aromatic nitrogens is 1. The summed E-state index contributed by atoms with van der Waals surface area (Å²) in [6.07, 6.45) is 3.26. The number of amides is 1. The lowest BCUT2D eigenvalue weighted by molar-refractivity contribution is -0.132. The van der Waals surface area contributed by atoms with Crippen molar-refractivity contribution in [1.82, 2.24) is 14.4 Å². The fourth-order valence-corrected chi connectivity index (χ4v) is 3.61. The predicted molar refractivity (Wildman–Crippen MR) is 94.4 cm³/mol. The van der Waals surface area contributed by atoms with Crippen molar-refractivity contribution in [3.8, 4) is 0 Å². The van der Waals surface area contributed by atoms with Gasteiger partial charge in [0.2, 0.25) is 5.91 Å². The van der Waals surface area contributed by atoms with Crippen molar-refractivity contribution in [3.05, 3.63) is 36.0 Å². The Hall–Kier alpha value is -1.81. The molecule has 3 rings (SSSR count). The van der Waals surface area contributed by atoms with E-state index in [2.05, 4.69) is 53.8 Å². The van der Waals surface area contributed by atoms with Crippen molar-refractivity contribution in [2.75, 3.05) is 27.2 Å². The SMILES string of the molecule is CC(C)n1cc(CN2CC[C@@H](C(=O)N(C)C)C2)c2ccccc21. The summed E-state index contributed by atoms with van der Waals surface area (Å²) in [5.41, 5.74) is 2.67. The Balaban J connectivity index is 1.79. The minimum Gasteiger partial charge on any atom is -0.349 e. The minimum atomic E-state index is 0.156. The molecule has 2 aromatic rings. The third kappa shape index (κ3) is 3.13. The fraction of sp³-hybridized carbons (Fsp3) is 0.526. The molecule has 0 saturated carbocycles. The van der Waals surface area contributed by atoms with E-state index in [4.69, 9.17) is 0 Å². The first kappa shape index (κ1) is 16.1. The molecular formula is C19H27N3O. The Morgan fingerprint density at radius 2 is 2.04 bits per heavy atom. The second-order valence-electron chi connectivity index (χ2n) is 7.13. The van der Waals surface area contributed by atoms with Gasteiger partial charge in [-0.15, -0.1) is 0 Å². The van der Waals surface area contributed by atoms with E-state index in [1.165, 1.54) is 16.5 Å². The first-order valence-electron chi connectivity index (χ1n) is 8.49. The summed E-state index contributed by atoms with van der Waals surface area (Å²) in [6, 6.07) is 9.07. The number of nitrogens with zero attached hydrogens (tertiary/aromatic N) is 3. The molecule has 0 N–H and O–H groups in total. The Labute approximate surface area is 138 Å². The van der Waals surface area contributed by atoms with E-state index in [1.54, 1.807) is 4.90 Å².